The number of rotatable bonds is 0. The van der Waals surface area contributed by atoms with Crippen molar-refractivity contribution in [3.63, 3.8) is 0 Å². The third-order valence-electron chi connectivity index (χ3n) is 6.26. The molecule has 140 valence electrons. The molecule has 2 heterocycles. The van der Waals surface area contributed by atoms with E-state index in [2.05, 4.69) is 24.8 Å². The third kappa shape index (κ3) is 1.84. The van der Waals surface area contributed by atoms with E-state index in [-0.39, 0.29) is 9.86 Å². The van der Waals surface area contributed by atoms with Gasteiger partial charge in [0, 0.05) is 31.8 Å². The second-order valence-corrected chi connectivity index (χ2v) is 10.3. The van der Waals surface area contributed by atoms with Crippen LogP contribution in [0.5, 0.6) is 0 Å². The summed E-state index contributed by atoms with van der Waals surface area (Å²) in [5.74, 6) is 0. The molecule has 0 aliphatic carbocycles. The summed E-state index contributed by atoms with van der Waals surface area (Å²) in [4.78, 5) is 25.4. The molecule has 0 saturated heterocycles. The molecule has 1 aromatic heterocycles. The summed E-state index contributed by atoms with van der Waals surface area (Å²) < 4.78 is 1.46. The molecule has 0 amide bonds. The molecule has 0 spiro atoms. The van der Waals surface area contributed by atoms with E-state index in [0.29, 0.717) is 4.20 Å². The van der Waals surface area contributed by atoms with Crippen LogP contribution < -0.4 is 9.27 Å². The molecule has 1 aliphatic rings. The highest BCUT2D eigenvalue weighted by molar-refractivity contribution is 8.34. The fourth-order valence-electron chi connectivity index (χ4n) is 5.05. The van der Waals surface area contributed by atoms with E-state index in [9.17, 15) is 9.59 Å². The van der Waals surface area contributed by atoms with Crippen LogP contribution in [0.2, 0.25) is 0 Å². The van der Waals surface area contributed by atoms with Gasteiger partial charge in [-0.3, -0.25) is 9.59 Å². The summed E-state index contributed by atoms with van der Waals surface area (Å²) in [6, 6.07) is 16.3. The minimum absolute atomic E-state index is 0.00571. The largest absolute Gasteiger partial charge is 0.281 e. The highest BCUT2D eigenvalue weighted by Crippen LogP contribution is 2.46. The summed E-state index contributed by atoms with van der Waals surface area (Å²) in [6.45, 7) is 4.12. The van der Waals surface area contributed by atoms with Crippen LogP contribution in [-0.2, 0) is 0 Å². The Hall–Kier alpha value is -2.86. The number of fused-ring (bicyclic) bond motifs is 2. The van der Waals surface area contributed by atoms with E-state index >= 15 is 0 Å². The first-order valence-corrected chi connectivity index (χ1v) is 11.5. The quantitative estimate of drug-likeness (QED) is 0.165. The van der Waals surface area contributed by atoms with Crippen LogP contribution in [0, 0.1) is 0 Å². The maximum atomic E-state index is 12.7. The fraction of sp³-hybridized carbons (Fsp3) is 0. The zero-order chi connectivity index (χ0) is 20.3. The fourth-order valence-corrected chi connectivity index (χ4v) is 6.96. The van der Waals surface area contributed by atoms with Gasteiger partial charge in [-0.05, 0) is 61.6 Å². The van der Waals surface area contributed by atoms with Crippen LogP contribution in [0.15, 0.2) is 53.3 Å². The molecule has 0 unspecified atom stereocenters. The van der Waals surface area contributed by atoms with Crippen LogP contribution >= 0.6 is 35.3 Å². The topological polar surface area (TPSA) is 34.1 Å². The number of carbonyl (C=O) groups excluding carboxylic acids is 1. The molecule has 1 aliphatic heterocycles. The van der Waals surface area contributed by atoms with Crippen LogP contribution in [0.1, 0.15) is 15.9 Å². The molecule has 2 nitrogen and oxygen atoms in total. The van der Waals surface area contributed by atoms with E-state index in [4.69, 9.17) is 12.2 Å². The minimum Gasteiger partial charge on any atom is -0.281 e. The molecule has 0 radical (unpaired) electrons. The van der Waals surface area contributed by atoms with Crippen LogP contribution in [0.25, 0.3) is 60.4 Å². The smallest absolute Gasteiger partial charge is 0.240 e. The van der Waals surface area contributed by atoms with E-state index in [0.717, 1.165) is 81.3 Å². The van der Waals surface area contributed by atoms with Crippen molar-refractivity contribution in [1.29, 1.82) is 0 Å². The van der Waals surface area contributed by atoms with Crippen molar-refractivity contribution in [2.24, 2.45) is 0 Å². The van der Waals surface area contributed by atoms with Crippen molar-refractivity contribution >= 4 is 105 Å². The Balaban J connectivity index is 1.88. The molecule has 7 rings (SSSR count). The number of thiocarbonyl (C=S) groups is 1. The molecule has 0 saturated carbocycles. The summed E-state index contributed by atoms with van der Waals surface area (Å²) >= 11 is 7.86. The minimum atomic E-state index is 0.00571. The van der Waals surface area contributed by atoms with Gasteiger partial charge in [0.05, 0.1) is 4.20 Å². The van der Waals surface area contributed by atoms with E-state index in [1.807, 2.05) is 30.3 Å². The standard InChI is InChI=1S/C25H10O2S3/c1-10-11-2-3-12-14-5-8-17-22-18(25(28)30-24(17)27)9-6-15(21(14)22)13-4-7-16(23(26)29-10)19(11)20(12)13/h2-9H,1H2. The first-order chi connectivity index (χ1) is 14.5. The van der Waals surface area contributed by atoms with Crippen molar-refractivity contribution in [2.45, 2.75) is 0 Å². The number of hydrogen-bond acceptors (Lipinski definition) is 5. The van der Waals surface area contributed by atoms with E-state index in [1.54, 1.807) is 0 Å². The Morgan fingerprint density at radius 1 is 0.633 bits per heavy atom. The molecule has 6 aromatic rings. The first-order valence-electron chi connectivity index (χ1n) is 9.43. The van der Waals surface area contributed by atoms with Crippen molar-refractivity contribution in [1.82, 2.24) is 0 Å². The lowest BCUT2D eigenvalue weighted by Gasteiger charge is -2.21. The second kappa shape index (κ2) is 5.43. The first kappa shape index (κ1) is 16.9. The summed E-state index contributed by atoms with van der Waals surface area (Å²) in [7, 11) is 0. The highest BCUT2D eigenvalue weighted by atomic mass is 32.2. The third-order valence-corrected chi connectivity index (χ3v) is 8.42. The molecule has 0 bridgehead atoms. The van der Waals surface area contributed by atoms with E-state index < -0.39 is 0 Å². The van der Waals surface area contributed by atoms with Gasteiger partial charge in [-0.25, -0.2) is 0 Å². The second-order valence-electron chi connectivity index (χ2n) is 7.63. The van der Waals surface area contributed by atoms with Gasteiger partial charge in [-0.15, -0.1) is 0 Å². The van der Waals surface area contributed by atoms with Crippen LogP contribution in [0.4, 0.5) is 0 Å². The predicted molar refractivity (Wildman–Crippen MR) is 134 cm³/mol. The average molecular weight is 439 g/mol. The molecule has 5 heteroatoms. The molecule has 0 atom stereocenters. The zero-order valence-corrected chi connectivity index (χ0v) is 17.8. The van der Waals surface area contributed by atoms with Crippen molar-refractivity contribution < 1.29 is 4.79 Å². The Morgan fingerprint density at radius 2 is 1.13 bits per heavy atom. The molecule has 30 heavy (non-hydrogen) atoms. The number of hydrogen-bond donors (Lipinski definition) is 0. The monoisotopic (exact) mass is 438 g/mol. The molecular weight excluding hydrogens is 428 g/mol. The maximum Gasteiger partial charge on any atom is 0.240 e. The normalized spacial score (nSPS) is 14.3. The van der Waals surface area contributed by atoms with Gasteiger partial charge in [0.25, 0.3) is 0 Å². The SMILES string of the molecule is C=c1sc(=O)c2ccc3c4ccc5c6c(ccc(c7ccc1c2c73)c64)C(=O)SC5=S. The summed E-state index contributed by atoms with van der Waals surface area (Å²) in [6.07, 6.45) is 0. The number of benzene rings is 5. The van der Waals surface area contributed by atoms with E-state index in [1.165, 1.54) is 11.3 Å². The van der Waals surface area contributed by atoms with Gasteiger partial charge in [0.1, 0.15) is 0 Å². The summed E-state index contributed by atoms with van der Waals surface area (Å²) in [5, 5.41) is 10.2. The Kier molecular flexibility index (Phi) is 3.06. The Morgan fingerprint density at radius 3 is 1.83 bits per heavy atom. The van der Waals surface area contributed by atoms with Crippen LogP contribution in [0.3, 0.4) is 0 Å². The zero-order valence-electron chi connectivity index (χ0n) is 15.4. The maximum absolute atomic E-state index is 12.7. The Bertz CT molecular complexity index is 1770. The van der Waals surface area contributed by atoms with Crippen LogP contribution in [-0.4, -0.2) is 9.31 Å². The Labute approximate surface area is 183 Å². The predicted octanol–water partition coefficient (Wildman–Crippen LogP) is 6.00. The molecule has 0 fully saturated rings. The average Bonchev–Trinajstić information content (AvgIpc) is 2.74. The van der Waals surface area contributed by atoms with Gasteiger partial charge in [0.15, 0.2) is 0 Å². The molecule has 5 aromatic carbocycles. The molecule has 0 N–H and O–H groups in total. The van der Waals surface area contributed by atoms with Crippen molar-refractivity contribution in [3.8, 4) is 0 Å². The number of thioether (sulfide) groups is 1. The lowest BCUT2D eigenvalue weighted by Crippen LogP contribution is -2.10. The molecular formula is C25H10O2S3. The summed E-state index contributed by atoms with van der Waals surface area (Å²) in [5.41, 5.74) is 1.68. The number of carbonyl (C=O) groups is 1. The van der Waals surface area contributed by atoms with Gasteiger partial charge in [-0.2, -0.15) is 0 Å². The lowest BCUT2D eigenvalue weighted by atomic mass is 9.85. The van der Waals surface area contributed by atoms with Gasteiger partial charge in [0.2, 0.25) is 9.86 Å². The lowest BCUT2D eigenvalue weighted by molar-refractivity contribution is 0.109. The van der Waals surface area contributed by atoms with Crippen molar-refractivity contribution in [2.75, 3.05) is 0 Å². The van der Waals surface area contributed by atoms with Gasteiger partial charge >= 0.3 is 0 Å². The van der Waals surface area contributed by atoms with Crippen molar-refractivity contribution in [3.05, 3.63) is 73.7 Å². The highest BCUT2D eigenvalue weighted by Gasteiger charge is 2.27. The van der Waals surface area contributed by atoms with Gasteiger partial charge in [-0.1, -0.05) is 66.5 Å². The van der Waals surface area contributed by atoms with Gasteiger partial charge < -0.3 is 0 Å².